The van der Waals surface area contributed by atoms with Crippen LogP contribution in [-0.2, 0) is 22.4 Å². The van der Waals surface area contributed by atoms with Crippen molar-refractivity contribution in [1.29, 1.82) is 0 Å². The fourth-order valence-corrected chi connectivity index (χ4v) is 5.58. The van der Waals surface area contributed by atoms with E-state index in [0.29, 0.717) is 30.9 Å². The molecule has 3 heterocycles. The van der Waals surface area contributed by atoms with Crippen LogP contribution < -0.4 is 11.1 Å². The summed E-state index contributed by atoms with van der Waals surface area (Å²) in [5, 5.41) is 13.5. The molecule has 0 saturated carbocycles. The summed E-state index contributed by atoms with van der Waals surface area (Å²) in [6.45, 7) is 9.16. The number of nitrogens with zero attached hydrogens (tertiary/aromatic N) is 2. The minimum atomic E-state index is -0.869. The lowest BCUT2D eigenvalue weighted by molar-refractivity contribution is -0.150. The summed E-state index contributed by atoms with van der Waals surface area (Å²) < 4.78 is 6.06. The lowest BCUT2D eigenvalue weighted by Crippen LogP contribution is -2.55. The molecule has 7 nitrogen and oxygen atoms in total. The van der Waals surface area contributed by atoms with Crippen LogP contribution in [0.25, 0.3) is 5.57 Å². The molecule has 1 aromatic heterocycles. The fraction of sp³-hybridized carbons (Fsp3) is 0.548. The number of nitrogen functional groups attached to an aromatic ring is 1. The number of nitrogens with two attached hydrogens (primary N) is 1. The summed E-state index contributed by atoms with van der Waals surface area (Å²) in [6, 6.07) is 7.49. The highest BCUT2D eigenvalue weighted by molar-refractivity contribution is 5.84. The Kier molecular flexibility index (Phi) is 9.80. The van der Waals surface area contributed by atoms with Crippen LogP contribution in [0.5, 0.6) is 0 Å². The van der Waals surface area contributed by atoms with Crippen molar-refractivity contribution in [3.05, 3.63) is 58.3 Å². The second-order valence-corrected chi connectivity index (χ2v) is 10.8. The number of pyridine rings is 1. The Morgan fingerprint density at radius 2 is 2.08 bits per heavy atom. The van der Waals surface area contributed by atoms with Crippen molar-refractivity contribution in [2.45, 2.75) is 84.3 Å². The Labute approximate surface area is 227 Å². The minimum Gasteiger partial charge on any atom is -0.480 e. The zero-order valence-electron chi connectivity index (χ0n) is 23.3. The third-order valence-corrected chi connectivity index (χ3v) is 7.77. The van der Waals surface area contributed by atoms with Gasteiger partial charge < -0.3 is 20.9 Å². The molecule has 0 radical (unpaired) electrons. The quantitative estimate of drug-likeness (QED) is 0.228. The molecule has 0 amide bonds. The predicted molar refractivity (Wildman–Crippen MR) is 154 cm³/mol. The zero-order valence-corrected chi connectivity index (χ0v) is 23.3. The molecule has 1 aromatic carbocycles. The van der Waals surface area contributed by atoms with Crippen LogP contribution in [0.3, 0.4) is 0 Å². The normalized spacial score (nSPS) is 17.0. The van der Waals surface area contributed by atoms with Gasteiger partial charge in [0.2, 0.25) is 0 Å². The molecule has 1 fully saturated rings. The van der Waals surface area contributed by atoms with E-state index in [4.69, 9.17) is 15.5 Å². The van der Waals surface area contributed by atoms with Gasteiger partial charge in [-0.2, -0.15) is 0 Å². The van der Waals surface area contributed by atoms with Gasteiger partial charge in [0.15, 0.2) is 0 Å². The molecule has 2 aliphatic rings. The number of nitrogens with one attached hydrogen (secondary N) is 1. The van der Waals surface area contributed by atoms with Gasteiger partial charge in [-0.1, -0.05) is 44.0 Å². The van der Waals surface area contributed by atoms with Crippen LogP contribution in [0.1, 0.15) is 86.4 Å². The first-order chi connectivity index (χ1) is 18.4. The predicted octanol–water partition coefficient (Wildman–Crippen LogP) is 5.77. The molecule has 206 valence electrons. The molecule has 7 heteroatoms. The summed E-state index contributed by atoms with van der Waals surface area (Å²) >= 11 is 0. The molecule has 4 N–H and O–H groups in total. The van der Waals surface area contributed by atoms with E-state index < -0.39 is 12.0 Å². The van der Waals surface area contributed by atoms with E-state index >= 15 is 0 Å². The first-order valence-corrected chi connectivity index (χ1v) is 14.3. The molecular formula is C31H44N4O3. The summed E-state index contributed by atoms with van der Waals surface area (Å²) in [5.74, 6) is 0.198. The SMILES string of the molecule is CCC/C=C(/C)c1c(C)ccc(C(C(=O)O)N2CC(OCCCCCc3ccc4c(n3)NCCC4)C2)c1N. The van der Waals surface area contributed by atoms with Crippen molar-refractivity contribution in [2.24, 2.45) is 0 Å². The monoisotopic (exact) mass is 520 g/mol. The Bertz CT molecular complexity index is 1140. The summed E-state index contributed by atoms with van der Waals surface area (Å²) in [4.78, 5) is 19.0. The van der Waals surface area contributed by atoms with Crippen molar-refractivity contribution in [1.82, 2.24) is 9.88 Å². The van der Waals surface area contributed by atoms with E-state index in [-0.39, 0.29) is 6.10 Å². The lowest BCUT2D eigenvalue weighted by Gasteiger charge is -2.42. The van der Waals surface area contributed by atoms with Gasteiger partial charge in [-0.25, -0.2) is 4.98 Å². The van der Waals surface area contributed by atoms with Crippen LogP contribution in [0, 0.1) is 6.92 Å². The Morgan fingerprint density at radius 1 is 1.26 bits per heavy atom. The number of fused-ring (bicyclic) bond motifs is 1. The number of aromatic nitrogens is 1. The highest BCUT2D eigenvalue weighted by Gasteiger charge is 2.39. The topological polar surface area (TPSA) is 101 Å². The molecule has 4 rings (SSSR count). The third-order valence-electron chi connectivity index (χ3n) is 7.77. The van der Waals surface area contributed by atoms with Crippen LogP contribution in [0.15, 0.2) is 30.3 Å². The fourth-order valence-electron chi connectivity index (χ4n) is 5.58. The van der Waals surface area contributed by atoms with E-state index in [1.807, 2.05) is 24.0 Å². The summed E-state index contributed by atoms with van der Waals surface area (Å²) in [6.07, 6.45) is 10.8. The number of aryl methyl sites for hydroxylation is 3. The maximum atomic E-state index is 12.3. The number of carboxylic acids is 1. The maximum absolute atomic E-state index is 12.3. The molecule has 1 saturated heterocycles. The van der Waals surface area contributed by atoms with Gasteiger partial charge >= 0.3 is 5.97 Å². The van der Waals surface area contributed by atoms with Crippen molar-refractivity contribution in [3.63, 3.8) is 0 Å². The standard InChI is InChI=1S/C31H44N4O3/c1-4-5-10-21(2)27-22(3)13-16-26(28(27)32)29(31(36)37)35-19-25(20-35)38-18-8-6-7-12-24-15-14-23-11-9-17-33-30(23)34-24/h10,13-16,25,29H,4-9,11-12,17-20,32H2,1-3H3,(H,33,34)(H,36,37)/b21-10-. The first kappa shape index (κ1) is 28.1. The molecule has 0 aliphatic carbocycles. The van der Waals surface area contributed by atoms with E-state index in [0.717, 1.165) is 79.7 Å². The van der Waals surface area contributed by atoms with E-state index in [2.05, 4.69) is 37.4 Å². The van der Waals surface area contributed by atoms with E-state index in [1.165, 1.54) is 12.0 Å². The smallest absolute Gasteiger partial charge is 0.325 e. The molecule has 1 unspecified atom stereocenters. The molecular weight excluding hydrogens is 476 g/mol. The van der Waals surface area contributed by atoms with Crippen molar-refractivity contribution in [3.8, 4) is 0 Å². The Balaban J connectivity index is 1.23. The number of benzene rings is 1. The number of aliphatic carboxylic acids is 1. The van der Waals surface area contributed by atoms with Gasteiger partial charge in [0, 0.05) is 48.7 Å². The van der Waals surface area contributed by atoms with Gasteiger partial charge in [-0.15, -0.1) is 0 Å². The van der Waals surface area contributed by atoms with Gasteiger partial charge in [-0.3, -0.25) is 9.69 Å². The molecule has 0 spiro atoms. The molecule has 0 bridgehead atoms. The Morgan fingerprint density at radius 3 is 2.84 bits per heavy atom. The second-order valence-electron chi connectivity index (χ2n) is 10.8. The van der Waals surface area contributed by atoms with Gasteiger partial charge in [0.1, 0.15) is 11.9 Å². The lowest BCUT2D eigenvalue weighted by atomic mass is 9.91. The van der Waals surface area contributed by atoms with Crippen LogP contribution in [0.4, 0.5) is 11.5 Å². The van der Waals surface area contributed by atoms with Gasteiger partial charge in [-0.05, 0) is 75.1 Å². The van der Waals surface area contributed by atoms with E-state index in [9.17, 15) is 9.90 Å². The number of unbranched alkanes of at least 4 members (excludes halogenated alkanes) is 3. The van der Waals surface area contributed by atoms with Crippen molar-refractivity contribution >= 4 is 23.0 Å². The third kappa shape index (κ3) is 6.75. The highest BCUT2D eigenvalue weighted by atomic mass is 16.5. The van der Waals surface area contributed by atoms with Crippen molar-refractivity contribution in [2.75, 3.05) is 37.3 Å². The summed E-state index contributed by atoms with van der Waals surface area (Å²) in [7, 11) is 0. The number of carbonyl (C=O) groups is 1. The Hall–Kier alpha value is -2.90. The van der Waals surface area contributed by atoms with Crippen LogP contribution >= 0.6 is 0 Å². The first-order valence-electron chi connectivity index (χ1n) is 14.3. The maximum Gasteiger partial charge on any atom is 0.325 e. The number of allylic oxidation sites excluding steroid dienone is 2. The number of hydrogen-bond acceptors (Lipinski definition) is 6. The largest absolute Gasteiger partial charge is 0.480 e. The molecule has 38 heavy (non-hydrogen) atoms. The number of anilines is 2. The number of rotatable bonds is 13. The molecule has 2 aromatic rings. The molecule has 1 atom stereocenters. The average Bonchev–Trinajstić information content (AvgIpc) is 2.88. The second kappa shape index (κ2) is 13.3. The molecule has 2 aliphatic heterocycles. The average molecular weight is 521 g/mol. The van der Waals surface area contributed by atoms with E-state index in [1.54, 1.807) is 0 Å². The number of carboxylic acid groups (broad SMARTS) is 1. The van der Waals surface area contributed by atoms with Crippen molar-refractivity contribution < 1.29 is 14.6 Å². The van der Waals surface area contributed by atoms with Gasteiger partial charge in [0.25, 0.3) is 0 Å². The summed E-state index contributed by atoms with van der Waals surface area (Å²) in [5.41, 5.74) is 13.5. The number of hydrogen-bond donors (Lipinski definition) is 3. The van der Waals surface area contributed by atoms with Gasteiger partial charge in [0.05, 0.1) is 6.10 Å². The zero-order chi connectivity index (χ0) is 27.1. The highest BCUT2D eigenvalue weighted by Crippen LogP contribution is 2.36. The van der Waals surface area contributed by atoms with Crippen LogP contribution in [0.2, 0.25) is 0 Å². The minimum absolute atomic E-state index is 0.0718. The number of likely N-dealkylation sites (tertiary alicyclic amines) is 1. The van der Waals surface area contributed by atoms with Crippen LogP contribution in [-0.4, -0.2) is 53.3 Å². The number of ether oxygens (including phenoxy) is 1.